The van der Waals surface area contributed by atoms with Crippen LogP contribution in [-0.2, 0) is 17.7 Å². The molecule has 1 aliphatic heterocycles. The monoisotopic (exact) mass is 375 g/mol. The van der Waals surface area contributed by atoms with E-state index in [-0.39, 0.29) is 6.10 Å². The lowest BCUT2D eigenvalue weighted by Crippen LogP contribution is -2.04. The highest BCUT2D eigenvalue weighted by Crippen LogP contribution is 2.29. The van der Waals surface area contributed by atoms with Crippen molar-refractivity contribution >= 4 is 10.9 Å². The summed E-state index contributed by atoms with van der Waals surface area (Å²) in [5.74, 6) is 2.20. The lowest BCUT2D eigenvalue weighted by molar-refractivity contribution is 0.0835. The molecule has 3 aromatic heterocycles. The van der Waals surface area contributed by atoms with Gasteiger partial charge in [0.1, 0.15) is 11.9 Å². The van der Waals surface area contributed by atoms with Crippen LogP contribution in [0.15, 0.2) is 47.4 Å². The molecule has 0 amide bonds. The standard InChI is InChI=1S/C21H21N5O2/c1-14-6-7-16(15-4-2-9-22-19(14)15)20-23-10-12-26(20)11-8-18-24-21(28-25-18)17-5-3-13-27-17/h2,4,6-7,9-10,12,17H,3,5,8,11,13H2,1H3. The van der Waals surface area contributed by atoms with Gasteiger partial charge in [0.05, 0.1) is 5.52 Å². The van der Waals surface area contributed by atoms with Crippen LogP contribution in [0.4, 0.5) is 0 Å². The van der Waals surface area contributed by atoms with Crippen LogP contribution in [0.2, 0.25) is 0 Å². The minimum Gasteiger partial charge on any atom is -0.368 e. The molecule has 1 fully saturated rings. The Kier molecular flexibility index (Phi) is 4.37. The van der Waals surface area contributed by atoms with Crippen LogP contribution in [0.25, 0.3) is 22.3 Å². The number of aromatic nitrogens is 5. The average Bonchev–Trinajstić information content (AvgIpc) is 3.47. The van der Waals surface area contributed by atoms with Gasteiger partial charge < -0.3 is 13.8 Å². The third kappa shape index (κ3) is 3.07. The normalized spacial score (nSPS) is 16.8. The molecular weight excluding hydrogens is 354 g/mol. The van der Waals surface area contributed by atoms with Crippen LogP contribution in [0.1, 0.15) is 36.2 Å². The van der Waals surface area contributed by atoms with Gasteiger partial charge in [-0.05, 0) is 31.4 Å². The largest absolute Gasteiger partial charge is 0.368 e. The van der Waals surface area contributed by atoms with E-state index in [1.165, 1.54) is 0 Å². The Labute approximate surface area is 162 Å². The molecule has 0 spiro atoms. The average molecular weight is 375 g/mol. The van der Waals surface area contributed by atoms with Crippen LogP contribution < -0.4 is 0 Å². The fraction of sp³-hybridized carbons (Fsp3) is 0.333. The topological polar surface area (TPSA) is 78.9 Å². The van der Waals surface area contributed by atoms with Crippen LogP contribution in [0.5, 0.6) is 0 Å². The van der Waals surface area contributed by atoms with Crippen LogP contribution >= 0.6 is 0 Å². The summed E-state index contributed by atoms with van der Waals surface area (Å²) in [6, 6.07) is 8.26. The molecule has 1 saturated heterocycles. The highest BCUT2D eigenvalue weighted by atomic mass is 16.5. The van der Waals surface area contributed by atoms with Gasteiger partial charge in [-0.1, -0.05) is 23.4 Å². The van der Waals surface area contributed by atoms with E-state index in [9.17, 15) is 0 Å². The van der Waals surface area contributed by atoms with Crippen molar-refractivity contribution in [1.82, 2.24) is 24.7 Å². The molecule has 4 aromatic rings. The molecule has 1 unspecified atom stereocenters. The van der Waals surface area contributed by atoms with Crippen molar-refractivity contribution < 1.29 is 9.26 Å². The first-order valence-corrected chi connectivity index (χ1v) is 9.59. The van der Waals surface area contributed by atoms with Crippen molar-refractivity contribution in [2.75, 3.05) is 6.61 Å². The van der Waals surface area contributed by atoms with Crippen LogP contribution in [-0.4, -0.2) is 31.3 Å². The number of rotatable bonds is 5. The summed E-state index contributed by atoms with van der Waals surface area (Å²) in [5, 5.41) is 5.22. The second-order valence-electron chi connectivity index (χ2n) is 7.07. The van der Waals surface area contributed by atoms with Gasteiger partial charge in [-0.15, -0.1) is 0 Å². The van der Waals surface area contributed by atoms with Gasteiger partial charge in [0.25, 0.3) is 5.89 Å². The zero-order chi connectivity index (χ0) is 18.9. The van der Waals surface area contributed by atoms with E-state index >= 15 is 0 Å². The van der Waals surface area contributed by atoms with Crippen molar-refractivity contribution in [3.05, 3.63) is 60.1 Å². The van der Waals surface area contributed by atoms with Crippen molar-refractivity contribution in [3.63, 3.8) is 0 Å². The summed E-state index contributed by atoms with van der Waals surface area (Å²) in [4.78, 5) is 13.6. The molecule has 1 atom stereocenters. The molecule has 1 aromatic carbocycles. The second-order valence-corrected chi connectivity index (χ2v) is 7.07. The summed E-state index contributed by atoms with van der Waals surface area (Å²) >= 11 is 0. The first-order chi connectivity index (χ1) is 13.8. The lowest BCUT2D eigenvalue weighted by atomic mass is 10.0. The number of fused-ring (bicyclic) bond motifs is 1. The Morgan fingerprint density at radius 3 is 3.04 bits per heavy atom. The molecule has 7 heteroatoms. The maximum Gasteiger partial charge on any atom is 0.255 e. The number of imidazole rings is 1. The van der Waals surface area contributed by atoms with Gasteiger partial charge in [0, 0.05) is 49.1 Å². The number of pyridine rings is 1. The van der Waals surface area contributed by atoms with E-state index in [1.54, 1.807) is 0 Å². The molecule has 4 heterocycles. The van der Waals surface area contributed by atoms with Crippen molar-refractivity contribution in [3.8, 4) is 11.4 Å². The molecular formula is C21H21N5O2. The summed E-state index contributed by atoms with van der Waals surface area (Å²) in [7, 11) is 0. The zero-order valence-corrected chi connectivity index (χ0v) is 15.7. The number of hydrogen-bond donors (Lipinski definition) is 0. The molecule has 5 rings (SSSR count). The van der Waals surface area contributed by atoms with Gasteiger partial charge in [-0.3, -0.25) is 4.98 Å². The molecule has 7 nitrogen and oxygen atoms in total. The van der Waals surface area contributed by atoms with Gasteiger partial charge in [0.2, 0.25) is 0 Å². The molecule has 0 saturated carbocycles. The molecule has 0 N–H and O–H groups in total. The lowest BCUT2D eigenvalue weighted by Gasteiger charge is -2.10. The Bertz CT molecular complexity index is 1110. The van der Waals surface area contributed by atoms with Gasteiger partial charge >= 0.3 is 0 Å². The molecule has 1 aliphatic rings. The van der Waals surface area contributed by atoms with E-state index in [0.29, 0.717) is 18.1 Å². The van der Waals surface area contributed by atoms with Crippen molar-refractivity contribution in [2.45, 2.75) is 38.8 Å². The summed E-state index contributed by atoms with van der Waals surface area (Å²) in [6.45, 7) is 3.56. The highest BCUT2D eigenvalue weighted by Gasteiger charge is 2.23. The Balaban J connectivity index is 1.39. The van der Waals surface area contributed by atoms with Crippen LogP contribution in [0.3, 0.4) is 0 Å². The minimum atomic E-state index is -0.0449. The maximum absolute atomic E-state index is 5.61. The molecule has 28 heavy (non-hydrogen) atoms. The molecule has 142 valence electrons. The highest BCUT2D eigenvalue weighted by molar-refractivity contribution is 5.94. The van der Waals surface area contributed by atoms with E-state index in [2.05, 4.69) is 49.8 Å². The van der Waals surface area contributed by atoms with Crippen LogP contribution in [0, 0.1) is 6.92 Å². The van der Waals surface area contributed by atoms with Crippen molar-refractivity contribution in [1.29, 1.82) is 0 Å². The SMILES string of the molecule is Cc1ccc(-c2nccn2CCc2noc(C3CCCO3)n2)c2cccnc12. The smallest absolute Gasteiger partial charge is 0.255 e. The Morgan fingerprint density at radius 2 is 2.14 bits per heavy atom. The van der Waals surface area contributed by atoms with Gasteiger partial charge in [-0.2, -0.15) is 4.98 Å². The summed E-state index contributed by atoms with van der Waals surface area (Å²) < 4.78 is 13.1. The van der Waals surface area contributed by atoms with E-state index < -0.39 is 0 Å². The summed E-state index contributed by atoms with van der Waals surface area (Å²) in [6.07, 6.45) is 8.25. The third-order valence-electron chi connectivity index (χ3n) is 5.19. The minimum absolute atomic E-state index is 0.0449. The first kappa shape index (κ1) is 17.1. The number of aryl methyl sites for hydroxylation is 3. The third-order valence-corrected chi connectivity index (χ3v) is 5.19. The van der Waals surface area contributed by atoms with E-state index in [1.807, 2.05) is 24.7 Å². The molecule has 0 aliphatic carbocycles. The van der Waals surface area contributed by atoms with Gasteiger partial charge in [-0.25, -0.2) is 4.98 Å². The van der Waals surface area contributed by atoms with E-state index in [4.69, 9.17) is 9.26 Å². The number of benzene rings is 1. The van der Waals surface area contributed by atoms with Gasteiger partial charge in [0.15, 0.2) is 5.82 Å². The van der Waals surface area contributed by atoms with Crippen molar-refractivity contribution in [2.24, 2.45) is 0 Å². The van der Waals surface area contributed by atoms with E-state index in [0.717, 1.165) is 53.8 Å². The summed E-state index contributed by atoms with van der Waals surface area (Å²) in [5.41, 5.74) is 3.24. The quantitative estimate of drug-likeness (QED) is 0.527. The predicted octanol–water partition coefficient (Wildman–Crippen LogP) is 3.88. The fourth-order valence-electron chi connectivity index (χ4n) is 3.74. The maximum atomic E-state index is 5.61. The molecule has 0 radical (unpaired) electrons. The second kappa shape index (κ2) is 7.16. The Hall–Kier alpha value is -3.06. The fourth-order valence-corrected chi connectivity index (χ4v) is 3.74. The molecule has 0 bridgehead atoms. The number of hydrogen-bond acceptors (Lipinski definition) is 6. The number of nitrogens with zero attached hydrogens (tertiary/aromatic N) is 5. The predicted molar refractivity (Wildman–Crippen MR) is 104 cm³/mol. The first-order valence-electron chi connectivity index (χ1n) is 9.59. The Morgan fingerprint density at radius 1 is 1.18 bits per heavy atom. The number of ether oxygens (including phenoxy) is 1. The zero-order valence-electron chi connectivity index (χ0n) is 15.7.